The summed E-state index contributed by atoms with van der Waals surface area (Å²) in [5, 5.41) is 2.71. The van der Waals surface area contributed by atoms with Crippen LogP contribution in [0.15, 0.2) is 48.5 Å². The van der Waals surface area contributed by atoms with Gasteiger partial charge in [0.2, 0.25) is 5.91 Å². The molecule has 0 bridgehead atoms. The Kier molecular flexibility index (Phi) is 6.89. The number of rotatable bonds is 8. The number of benzene rings is 2. The van der Waals surface area contributed by atoms with Crippen LogP contribution in [0, 0.1) is 11.6 Å². The Morgan fingerprint density at radius 1 is 1.20 bits per heavy atom. The first-order valence-corrected chi connectivity index (χ1v) is 8.06. The molecular formula is C19H22F2N2O2. The average molecular weight is 348 g/mol. The Balaban J connectivity index is 1.75. The molecule has 4 nitrogen and oxygen atoms in total. The smallest absolute Gasteiger partial charge is 0.234 e. The Bertz CT molecular complexity index is 695. The van der Waals surface area contributed by atoms with Crippen molar-refractivity contribution in [3.63, 3.8) is 0 Å². The van der Waals surface area contributed by atoms with Crippen molar-refractivity contribution in [3.8, 4) is 5.75 Å². The molecule has 1 amide bonds. The van der Waals surface area contributed by atoms with E-state index in [2.05, 4.69) is 5.32 Å². The van der Waals surface area contributed by atoms with Gasteiger partial charge in [-0.05, 0) is 32.2 Å². The van der Waals surface area contributed by atoms with E-state index >= 15 is 0 Å². The first kappa shape index (κ1) is 18.9. The number of ether oxygens (including phenoxy) is 1. The maximum absolute atomic E-state index is 13.7. The molecule has 0 saturated heterocycles. The van der Waals surface area contributed by atoms with Gasteiger partial charge in [-0.2, -0.15) is 0 Å². The van der Waals surface area contributed by atoms with Crippen molar-refractivity contribution in [1.29, 1.82) is 0 Å². The quantitative estimate of drug-likeness (QED) is 0.797. The summed E-state index contributed by atoms with van der Waals surface area (Å²) in [6.07, 6.45) is 0. The van der Waals surface area contributed by atoms with Gasteiger partial charge in [-0.1, -0.05) is 24.3 Å². The average Bonchev–Trinajstić information content (AvgIpc) is 2.55. The number of hydrogen-bond acceptors (Lipinski definition) is 3. The van der Waals surface area contributed by atoms with Gasteiger partial charge in [0.15, 0.2) is 0 Å². The van der Waals surface area contributed by atoms with Gasteiger partial charge in [-0.25, -0.2) is 8.78 Å². The fraction of sp³-hybridized carbons (Fsp3) is 0.316. The second kappa shape index (κ2) is 9.13. The molecule has 0 aliphatic rings. The van der Waals surface area contributed by atoms with E-state index in [4.69, 9.17) is 4.74 Å². The fourth-order valence-electron chi connectivity index (χ4n) is 2.38. The van der Waals surface area contributed by atoms with Gasteiger partial charge in [-0.15, -0.1) is 0 Å². The van der Waals surface area contributed by atoms with Gasteiger partial charge < -0.3 is 10.1 Å². The van der Waals surface area contributed by atoms with E-state index in [0.717, 1.165) is 11.8 Å². The summed E-state index contributed by atoms with van der Waals surface area (Å²) in [5.74, 6) is -0.769. The summed E-state index contributed by atoms with van der Waals surface area (Å²) in [5.41, 5.74) is 0.254. The van der Waals surface area contributed by atoms with E-state index in [1.54, 1.807) is 14.0 Å². The predicted molar refractivity (Wildman–Crippen MR) is 92.3 cm³/mol. The third kappa shape index (κ3) is 6.15. The van der Waals surface area contributed by atoms with E-state index in [-0.39, 0.29) is 18.0 Å². The number of likely N-dealkylation sites (N-methyl/N-ethyl adjacent to an activating group) is 1. The largest absolute Gasteiger partial charge is 0.492 e. The maximum atomic E-state index is 13.7. The van der Waals surface area contributed by atoms with E-state index in [0.29, 0.717) is 13.2 Å². The topological polar surface area (TPSA) is 41.6 Å². The minimum Gasteiger partial charge on any atom is -0.492 e. The van der Waals surface area contributed by atoms with Gasteiger partial charge in [0, 0.05) is 18.2 Å². The lowest BCUT2D eigenvalue weighted by atomic mass is 10.1. The molecule has 0 spiro atoms. The minimum atomic E-state index is -0.669. The Morgan fingerprint density at radius 3 is 2.60 bits per heavy atom. The number of carbonyl (C=O) groups excluding carboxylic acids is 1. The molecular weight excluding hydrogens is 326 g/mol. The van der Waals surface area contributed by atoms with Gasteiger partial charge >= 0.3 is 0 Å². The molecule has 0 unspecified atom stereocenters. The molecule has 2 rings (SSSR count). The normalized spacial score (nSPS) is 12.0. The molecule has 0 aromatic heterocycles. The number of halogens is 2. The van der Waals surface area contributed by atoms with Crippen LogP contribution in [0.5, 0.6) is 5.75 Å². The van der Waals surface area contributed by atoms with Crippen LogP contribution in [-0.2, 0) is 4.79 Å². The van der Waals surface area contributed by atoms with E-state index in [1.165, 1.54) is 12.1 Å². The zero-order chi connectivity index (χ0) is 18.2. The molecule has 1 atom stereocenters. The highest BCUT2D eigenvalue weighted by Crippen LogP contribution is 2.17. The number of nitrogens with one attached hydrogen (secondary N) is 1. The van der Waals surface area contributed by atoms with Crippen LogP contribution in [0.2, 0.25) is 0 Å². The first-order valence-electron chi connectivity index (χ1n) is 8.06. The molecule has 0 aliphatic heterocycles. The third-order valence-electron chi connectivity index (χ3n) is 3.70. The van der Waals surface area contributed by atoms with Crippen molar-refractivity contribution < 1.29 is 18.3 Å². The van der Waals surface area contributed by atoms with Crippen LogP contribution in [0.1, 0.15) is 18.5 Å². The highest BCUT2D eigenvalue weighted by Gasteiger charge is 2.15. The molecule has 0 fully saturated rings. The summed E-state index contributed by atoms with van der Waals surface area (Å²) in [4.78, 5) is 13.9. The van der Waals surface area contributed by atoms with Crippen molar-refractivity contribution >= 4 is 5.91 Å². The van der Waals surface area contributed by atoms with Crippen molar-refractivity contribution in [1.82, 2.24) is 10.2 Å². The SMILES string of the molecule is C[C@H](NC(=O)CN(C)CCOc1ccccc1)c1ccc(F)cc1F. The van der Waals surface area contributed by atoms with Gasteiger partial charge in [0.05, 0.1) is 12.6 Å². The number of amides is 1. The van der Waals surface area contributed by atoms with Gasteiger partial charge in [0.1, 0.15) is 24.0 Å². The lowest BCUT2D eigenvalue weighted by molar-refractivity contribution is -0.122. The zero-order valence-corrected chi connectivity index (χ0v) is 14.3. The minimum absolute atomic E-state index is 0.158. The molecule has 0 radical (unpaired) electrons. The molecule has 0 saturated carbocycles. The second-order valence-electron chi connectivity index (χ2n) is 5.85. The highest BCUT2D eigenvalue weighted by atomic mass is 19.1. The van der Waals surface area contributed by atoms with Crippen molar-refractivity contribution in [2.24, 2.45) is 0 Å². The summed E-state index contributed by atoms with van der Waals surface area (Å²) >= 11 is 0. The number of para-hydroxylation sites is 1. The summed E-state index contributed by atoms with van der Waals surface area (Å²) in [6.45, 7) is 2.84. The summed E-state index contributed by atoms with van der Waals surface area (Å²) in [6, 6.07) is 12.2. The summed E-state index contributed by atoms with van der Waals surface area (Å²) in [7, 11) is 1.80. The molecule has 2 aromatic carbocycles. The van der Waals surface area contributed by atoms with E-state index in [1.807, 2.05) is 35.2 Å². The molecule has 0 heterocycles. The van der Waals surface area contributed by atoms with Crippen LogP contribution in [0.25, 0.3) is 0 Å². The molecule has 6 heteroatoms. The summed E-state index contributed by atoms with van der Waals surface area (Å²) < 4.78 is 32.2. The maximum Gasteiger partial charge on any atom is 0.234 e. The van der Waals surface area contributed by atoms with Crippen molar-refractivity contribution in [2.75, 3.05) is 26.7 Å². The van der Waals surface area contributed by atoms with Crippen LogP contribution in [0.4, 0.5) is 8.78 Å². The fourth-order valence-corrected chi connectivity index (χ4v) is 2.38. The molecule has 25 heavy (non-hydrogen) atoms. The number of carbonyl (C=O) groups is 1. The van der Waals surface area contributed by atoms with Crippen LogP contribution >= 0.6 is 0 Å². The van der Waals surface area contributed by atoms with Crippen molar-refractivity contribution in [2.45, 2.75) is 13.0 Å². The Hall–Kier alpha value is -2.47. The lowest BCUT2D eigenvalue weighted by Crippen LogP contribution is -2.38. The Morgan fingerprint density at radius 2 is 1.92 bits per heavy atom. The van der Waals surface area contributed by atoms with E-state index in [9.17, 15) is 13.6 Å². The Labute approximate surface area is 146 Å². The number of nitrogens with zero attached hydrogens (tertiary/aromatic N) is 1. The van der Waals surface area contributed by atoms with Gasteiger partial charge in [-0.3, -0.25) is 9.69 Å². The van der Waals surface area contributed by atoms with Crippen molar-refractivity contribution in [3.05, 3.63) is 65.7 Å². The molecule has 0 aliphatic carbocycles. The standard InChI is InChI=1S/C19H22F2N2O2/c1-14(17-9-8-15(20)12-18(17)21)22-19(24)13-23(2)10-11-25-16-6-4-3-5-7-16/h3-9,12,14H,10-11,13H2,1-2H3,(H,22,24)/t14-/m0/s1. The molecule has 2 aromatic rings. The lowest BCUT2D eigenvalue weighted by Gasteiger charge is -2.19. The predicted octanol–water partition coefficient (Wildman–Crippen LogP) is 3.15. The van der Waals surface area contributed by atoms with Crippen LogP contribution in [-0.4, -0.2) is 37.6 Å². The zero-order valence-electron chi connectivity index (χ0n) is 14.3. The second-order valence-corrected chi connectivity index (χ2v) is 5.85. The number of hydrogen-bond donors (Lipinski definition) is 1. The molecule has 134 valence electrons. The highest BCUT2D eigenvalue weighted by molar-refractivity contribution is 5.78. The first-order chi connectivity index (χ1) is 12.0. The van der Waals surface area contributed by atoms with E-state index < -0.39 is 17.7 Å². The van der Waals surface area contributed by atoms with Crippen LogP contribution < -0.4 is 10.1 Å². The third-order valence-corrected chi connectivity index (χ3v) is 3.70. The monoisotopic (exact) mass is 348 g/mol. The van der Waals surface area contributed by atoms with Crippen LogP contribution in [0.3, 0.4) is 0 Å². The van der Waals surface area contributed by atoms with Gasteiger partial charge in [0.25, 0.3) is 0 Å². The molecule has 1 N–H and O–H groups in total.